The van der Waals surface area contributed by atoms with Crippen LogP contribution in [0.5, 0.6) is 11.5 Å². The number of hydrogen-bond donors (Lipinski definition) is 2. The molecule has 21 heavy (non-hydrogen) atoms. The van der Waals surface area contributed by atoms with Gasteiger partial charge in [-0.05, 0) is 58.7 Å². The Morgan fingerprint density at radius 2 is 2.10 bits per heavy atom. The molecule has 0 aliphatic rings. The fraction of sp³-hybridized carbons (Fsp3) is 0.0714. The van der Waals surface area contributed by atoms with Crippen molar-refractivity contribution < 1.29 is 14.3 Å². The quantitative estimate of drug-likeness (QED) is 0.362. The fourth-order valence-electron chi connectivity index (χ4n) is 1.67. The van der Waals surface area contributed by atoms with Crippen LogP contribution in [0.2, 0.25) is 5.02 Å². The number of halogens is 3. The third-order valence-corrected chi connectivity index (χ3v) is 3.99. The van der Waals surface area contributed by atoms with E-state index in [-0.39, 0.29) is 21.6 Å². The molecular weight excluding hydrogens is 363 g/mol. The summed E-state index contributed by atoms with van der Waals surface area (Å²) in [5.41, 5.74) is 6.50. The molecule has 0 aromatic heterocycles. The molecule has 2 aromatic rings. The summed E-state index contributed by atoms with van der Waals surface area (Å²) in [5.74, 6) is -0.376. The first-order valence-corrected chi connectivity index (χ1v) is 7.01. The normalized spacial score (nSPS) is 11.5. The summed E-state index contributed by atoms with van der Waals surface area (Å²) in [4.78, 5) is 0. The van der Waals surface area contributed by atoms with Crippen molar-refractivity contribution in [3.63, 3.8) is 0 Å². The lowest BCUT2D eigenvalue weighted by Crippen LogP contribution is -2.14. The molecule has 0 fully saturated rings. The highest BCUT2D eigenvalue weighted by Gasteiger charge is 2.15. The molecule has 0 radical (unpaired) electrons. The summed E-state index contributed by atoms with van der Waals surface area (Å²) in [5, 5.41) is 12.1. The van der Waals surface area contributed by atoms with Gasteiger partial charge in [-0.25, -0.2) is 4.39 Å². The smallest absolute Gasteiger partial charge is 0.180 e. The largest absolute Gasteiger partial charge is 0.454 e. The fourth-order valence-corrected chi connectivity index (χ4v) is 2.32. The summed E-state index contributed by atoms with van der Waals surface area (Å²) < 4.78 is 19.8. The molecule has 0 unspecified atom stereocenters. The van der Waals surface area contributed by atoms with Gasteiger partial charge in [-0.15, -0.1) is 0 Å². The van der Waals surface area contributed by atoms with E-state index in [4.69, 9.17) is 27.3 Å². The zero-order valence-electron chi connectivity index (χ0n) is 10.9. The van der Waals surface area contributed by atoms with Gasteiger partial charge >= 0.3 is 0 Å². The van der Waals surface area contributed by atoms with E-state index < -0.39 is 5.82 Å². The van der Waals surface area contributed by atoms with Crippen LogP contribution in [-0.2, 0) is 0 Å². The molecule has 0 saturated heterocycles. The maximum Gasteiger partial charge on any atom is 0.180 e. The number of oxime groups is 1. The van der Waals surface area contributed by atoms with Crippen molar-refractivity contribution >= 4 is 33.4 Å². The highest BCUT2D eigenvalue weighted by Crippen LogP contribution is 2.32. The Kier molecular flexibility index (Phi) is 4.69. The lowest BCUT2D eigenvalue weighted by molar-refractivity contribution is 0.318. The SMILES string of the molecule is Cc1cc(Oc2ccc(/C(N)=N/O)c(Br)c2F)ccc1Cl. The number of nitrogens with two attached hydrogens (primary N) is 1. The summed E-state index contributed by atoms with van der Waals surface area (Å²) in [6.45, 7) is 1.82. The Morgan fingerprint density at radius 3 is 2.71 bits per heavy atom. The second kappa shape index (κ2) is 6.32. The van der Waals surface area contributed by atoms with Crippen LogP contribution in [0.25, 0.3) is 0 Å². The summed E-state index contributed by atoms with van der Waals surface area (Å²) in [6.07, 6.45) is 0. The number of rotatable bonds is 3. The zero-order chi connectivity index (χ0) is 15.6. The number of hydrogen-bond acceptors (Lipinski definition) is 3. The first-order valence-electron chi connectivity index (χ1n) is 5.84. The summed E-state index contributed by atoms with van der Waals surface area (Å²) in [7, 11) is 0. The minimum Gasteiger partial charge on any atom is -0.454 e. The number of amidine groups is 1. The van der Waals surface area contributed by atoms with Gasteiger partial charge in [0.25, 0.3) is 0 Å². The molecule has 2 rings (SSSR count). The van der Waals surface area contributed by atoms with Crippen molar-refractivity contribution in [2.45, 2.75) is 6.92 Å². The van der Waals surface area contributed by atoms with E-state index in [1.807, 2.05) is 6.92 Å². The average molecular weight is 374 g/mol. The predicted octanol–water partition coefficient (Wildman–Crippen LogP) is 4.44. The molecule has 0 atom stereocenters. The highest BCUT2D eigenvalue weighted by atomic mass is 79.9. The minimum atomic E-state index is -0.647. The zero-order valence-corrected chi connectivity index (χ0v) is 13.2. The van der Waals surface area contributed by atoms with E-state index in [0.717, 1.165) is 5.56 Å². The Hall–Kier alpha value is -1.79. The molecule has 0 aliphatic carbocycles. The molecule has 0 heterocycles. The lowest BCUT2D eigenvalue weighted by Gasteiger charge is -2.11. The van der Waals surface area contributed by atoms with Gasteiger partial charge in [0.05, 0.1) is 4.47 Å². The Bertz CT molecular complexity index is 722. The van der Waals surface area contributed by atoms with Crippen molar-refractivity contribution in [3.05, 3.63) is 56.8 Å². The van der Waals surface area contributed by atoms with E-state index in [1.54, 1.807) is 18.2 Å². The molecule has 4 nitrogen and oxygen atoms in total. The van der Waals surface area contributed by atoms with Gasteiger partial charge in [0.1, 0.15) is 5.75 Å². The van der Waals surface area contributed by atoms with Crippen LogP contribution >= 0.6 is 27.5 Å². The number of aryl methyl sites for hydroxylation is 1. The third-order valence-electron chi connectivity index (χ3n) is 2.79. The van der Waals surface area contributed by atoms with Gasteiger partial charge in [-0.2, -0.15) is 0 Å². The van der Waals surface area contributed by atoms with Gasteiger partial charge in [0, 0.05) is 10.6 Å². The van der Waals surface area contributed by atoms with Crippen LogP contribution in [0.15, 0.2) is 40.0 Å². The molecule has 0 bridgehead atoms. The second-order valence-corrected chi connectivity index (χ2v) is 5.44. The van der Waals surface area contributed by atoms with Crippen molar-refractivity contribution in [2.75, 3.05) is 0 Å². The average Bonchev–Trinajstić information content (AvgIpc) is 2.47. The van der Waals surface area contributed by atoms with Crippen LogP contribution in [0, 0.1) is 12.7 Å². The molecule has 0 aliphatic heterocycles. The van der Waals surface area contributed by atoms with Gasteiger partial charge in [0.15, 0.2) is 17.4 Å². The molecule has 2 aromatic carbocycles. The van der Waals surface area contributed by atoms with Crippen molar-refractivity contribution in [1.82, 2.24) is 0 Å². The van der Waals surface area contributed by atoms with E-state index >= 15 is 0 Å². The number of benzene rings is 2. The standard InChI is InChI=1S/C14H11BrClFN2O2/c1-7-6-8(2-4-10(7)16)21-11-5-3-9(14(18)19-20)12(15)13(11)17/h2-6,20H,1H3,(H2,18,19). The molecule has 0 amide bonds. The number of ether oxygens (including phenoxy) is 1. The summed E-state index contributed by atoms with van der Waals surface area (Å²) >= 11 is 8.99. The third kappa shape index (κ3) is 3.28. The number of nitrogens with zero attached hydrogens (tertiary/aromatic N) is 1. The molecule has 0 saturated carbocycles. The van der Waals surface area contributed by atoms with E-state index in [1.165, 1.54) is 12.1 Å². The first-order chi connectivity index (χ1) is 9.93. The Labute approximate surface area is 134 Å². The maximum atomic E-state index is 14.2. The molecule has 110 valence electrons. The van der Waals surface area contributed by atoms with Crippen molar-refractivity contribution in [3.8, 4) is 11.5 Å². The van der Waals surface area contributed by atoms with Crippen LogP contribution < -0.4 is 10.5 Å². The predicted molar refractivity (Wildman–Crippen MR) is 82.9 cm³/mol. The van der Waals surface area contributed by atoms with Crippen LogP contribution in [0.1, 0.15) is 11.1 Å². The topological polar surface area (TPSA) is 67.8 Å². The molecule has 3 N–H and O–H groups in total. The van der Waals surface area contributed by atoms with Crippen LogP contribution in [0.3, 0.4) is 0 Å². The molecule has 7 heteroatoms. The maximum absolute atomic E-state index is 14.2. The highest BCUT2D eigenvalue weighted by molar-refractivity contribution is 9.10. The summed E-state index contributed by atoms with van der Waals surface area (Å²) in [6, 6.07) is 7.90. The van der Waals surface area contributed by atoms with Gasteiger partial charge in [-0.3, -0.25) is 0 Å². The van der Waals surface area contributed by atoms with E-state index in [0.29, 0.717) is 10.8 Å². The minimum absolute atomic E-state index is 0.0121. The molecular formula is C14H11BrClFN2O2. The van der Waals surface area contributed by atoms with Crippen LogP contribution in [0.4, 0.5) is 4.39 Å². The van der Waals surface area contributed by atoms with Crippen molar-refractivity contribution in [1.29, 1.82) is 0 Å². The van der Waals surface area contributed by atoms with E-state index in [2.05, 4.69) is 21.1 Å². The Morgan fingerprint density at radius 1 is 1.38 bits per heavy atom. The van der Waals surface area contributed by atoms with Gasteiger partial charge < -0.3 is 15.7 Å². The van der Waals surface area contributed by atoms with Crippen molar-refractivity contribution in [2.24, 2.45) is 10.9 Å². The monoisotopic (exact) mass is 372 g/mol. The van der Waals surface area contributed by atoms with Gasteiger partial charge in [0.2, 0.25) is 0 Å². The first kappa shape index (κ1) is 15.6. The lowest BCUT2D eigenvalue weighted by atomic mass is 10.2. The van der Waals surface area contributed by atoms with E-state index in [9.17, 15) is 4.39 Å². The molecule has 0 spiro atoms. The second-order valence-electron chi connectivity index (χ2n) is 4.24. The van der Waals surface area contributed by atoms with Gasteiger partial charge in [-0.1, -0.05) is 16.8 Å². The van der Waals surface area contributed by atoms with Crippen LogP contribution in [-0.4, -0.2) is 11.0 Å². The Balaban J connectivity index is 2.37.